The number of esters is 1. The molecule has 0 saturated heterocycles. The summed E-state index contributed by atoms with van der Waals surface area (Å²) >= 11 is 6.46. The minimum atomic E-state index is -0.341. The van der Waals surface area contributed by atoms with Gasteiger partial charge in [-0.3, -0.25) is 14.8 Å². The van der Waals surface area contributed by atoms with Crippen LogP contribution in [0.4, 0.5) is 11.6 Å². The molecule has 0 spiro atoms. The molecule has 0 aliphatic heterocycles. The van der Waals surface area contributed by atoms with Gasteiger partial charge >= 0.3 is 5.97 Å². The maximum absolute atomic E-state index is 11.7. The van der Waals surface area contributed by atoms with E-state index in [1.54, 1.807) is 56.0 Å². The lowest BCUT2D eigenvalue weighted by molar-refractivity contribution is 0.0525. The number of amides is 1. The fourth-order valence-corrected chi connectivity index (χ4v) is 2.86. The van der Waals surface area contributed by atoms with E-state index in [1.807, 2.05) is 0 Å². The van der Waals surface area contributed by atoms with E-state index in [9.17, 15) is 9.59 Å². The summed E-state index contributed by atoms with van der Waals surface area (Å²) in [5, 5.41) is 2.63. The van der Waals surface area contributed by atoms with Crippen LogP contribution in [0.25, 0.3) is 0 Å². The number of pyridine rings is 2. The molecule has 11 nitrogen and oxygen atoms in total. The molecule has 3 N–H and O–H groups in total. The zero-order chi connectivity index (χ0) is 25.5. The number of nitrogens with two attached hydrogens (primary N) is 1. The zero-order valence-electron chi connectivity index (χ0n) is 18.4. The van der Waals surface area contributed by atoms with Crippen LogP contribution in [0, 0.1) is 0 Å². The van der Waals surface area contributed by atoms with Crippen molar-refractivity contribution >= 4 is 55.4 Å². The van der Waals surface area contributed by atoms with Gasteiger partial charge in [-0.15, -0.1) is 0 Å². The zero-order valence-corrected chi connectivity index (χ0v) is 21.5. The molecule has 0 aromatic carbocycles. The van der Waals surface area contributed by atoms with Gasteiger partial charge in [0.05, 0.1) is 17.7 Å². The molecular weight excluding hydrogens is 584 g/mol. The van der Waals surface area contributed by atoms with Crippen molar-refractivity contribution in [2.24, 2.45) is 0 Å². The summed E-state index contributed by atoms with van der Waals surface area (Å²) in [6, 6.07) is 6.61. The third-order valence-electron chi connectivity index (χ3n) is 3.61. The Kier molecular flexibility index (Phi) is 11.9. The molecule has 1 amide bonds. The van der Waals surface area contributed by atoms with E-state index in [4.69, 9.17) is 10.5 Å². The van der Waals surface area contributed by atoms with Crippen molar-refractivity contribution in [2.75, 3.05) is 17.7 Å². The van der Waals surface area contributed by atoms with Crippen molar-refractivity contribution in [3.8, 4) is 0 Å². The quantitative estimate of drug-likeness (QED) is 0.327. The molecule has 180 valence electrons. The van der Waals surface area contributed by atoms with E-state index < -0.39 is 0 Å². The summed E-state index contributed by atoms with van der Waals surface area (Å²) in [4.78, 5) is 45.5. The van der Waals surface area contributed by atoms with Crippen LogP contribution in [0.2, 0.25) is 0 Å². The van der Waals surface area contributed by atoms with Gasteiger partial charge in [-0.1, -0.05) is 0 Å². The first-order valence-electron chi connectivity index (χ1n) is 9.86. The summed E-state index contributed by atoms with van der Waals surface area (Å²) in [6.45, 7) is 2.15. The topological polar surface area (TPSA) is 159 Å². The van der Waals surface area contributed by atoms with Crippen molar-refractivity contribution < 1.29 is 14.3 Å². The second-order valence-electron chi connectivity index (χ2n) is 6.19. The molecule has 13 heteroatoms. The molecule has 35 heavy (non-hydrogen) atoms. The number of halogens is 2. The highest BCUT2D eigenvalue weighted by molar-refractivity contribution is 9.10. The summed E-state index contributed by atoms with van der Waals surface area (Å²) in [5.41, 5.74) is 6.14. The number of carbonyl (C=O) groups excluding carboxylic acids is 2. The van der Waals surface area contributed by atoms with Crippen LogP contribution in [0.1, 0.15) is 27.6 Å². The molecule has 0 atom stereocenters. The molecule has 0 fully saturated rings. The first-order valence-corrected chi connectivity index (χ1v) is 11.4. The number of carbonyl (C=O) groups is 2. The number of nitrogens with zero attached hydrogens (tertiary/aromatic N) is 6. The molecule has 0 bridgehead atoms. The SMILES string of the molecule is CCOC(=O)c1cncc(Br)c1.Nc1ccncn1.O=C(Nc1ccncn1)c1cncc(Br)c1. The van der Waals surface area contributed by atoms with Crippen LogP contribution >= 0.6 is 31.9 Å². The summed E-state index contributed by atoms with van der Waals surface area (Å²) in [6.07, 6.45) is 12.1. The van der Waals surface area contributed by atoms with Gasteiger partial charge in [-0.2, -0.15) is 0 Å². The number of nitrogen functional groups attached to an aromatic ring is 1. The molecule has 4 heterocycles. The normalized spacial score (nSPS) is 9.46. The Morgan fingerprint density at radius 2 is 1.49 bits per heavy atom. The van der Waals surface area contributed by atoms with E-state index in [-0.39, 0.29) is 11.9 Å². The molecule has 0 aliphatic rings. The minimum absolute atomic E-state index is 0.257. The van der Waals surface area contributed by atoms with Crippen molar-refractivity contribution in [1.82, 2.24) is 29.9 Å². The Bertz CT molecular complexity index is 1220. The molecule has 0 radical (unpaired) electrons. The summed E-state index contributed by atoms with van der Waals surface area (Å²) < 4.78 is 6.31. The predicted octanol–water partition coefficient (Wildman–Crippen LogP) is 3.97. The van der Waals surface area contributed by atoms with E-state index in [0.29, 0.717) is 29.4 Å². The molecule has 0 aliphatic carbocycles. The highest BCUT2D eigenvalue weighted by Gasteiger charge is 2.07. The smallest absolute Gasteiger partial charge is 0.339 e. The Morgan fingerprint density at radius 1 is 0.886 bits per heavy atom. The number of nitrogens with one attached hydrogen (secondary N) is 1. The average molecular weight is 604 g/mol. The van der Waals surface area contributed by atoms with Crippen LogP contribution in [0.15, 0.2) is 83.0 Å². The van der Waals surface area contributed by atoms with Crippen molar-refractivity contribution in [1.29, 1.82) is 0 Å². The van der Waals surface area contributed by atoms with Gasteiger partial charge in [0.1, 0.15) is 24.3 Å². The molecule has 4 rings (SSSR count). The van der Waals surface area contributed by atoms with Crippen molar-refractivity contribution in [3.05, 3.63) is 94.2 Å². The van der Waals surface area contributed by atoms with E-state index in [1.165, 1.54) is 25.0 Å². The number of rotatable bonds is 4. The Labute approximate surface area is 217 Å². The maximum atomic E-state index is 11.7. The largest absolute Gasteiger partial charge is 0.462 e. The molecule has 4 aromatic rings. The van der Waals surface area contributed by atoms with Crippen LogP contribution < -0.4 is 11.1 Å². The van der Waals surface area contributed by atoms with Crippen LogP contribution in [-0.2, 0) is 4.74 Å². The first-order chi connectivity index (χ1) is 16.9. The molecular formula is C22H20Br2N8O3. The molecule has 0 unspecified atom stereocenters. The lowest BCUT2D eigenvalue weighted by atomic mass is 10.3. The highest BCUT2D eigenvalue weighted by Crippen LogP contribution is 2.11. The first kappa shape index (κ1) is 27.4. The van der Waals surface area contributed by atoms with Gasteiger partial charge in [0, 0.05) is 46.1 Å². The third kappa shape index (κ3) is 10.8. The fourth-order valence-electron chi connectivity index (χ4n) is 2.13. The Hall–Kier alpha value is -3.84. The highest BCUT2D eigenvalue weighted by atomic mass is 79.9. The third-order valence-corrected chi connectivity index (χ3v) is 4.48. The second kappa shape index (κ2) is 15.1. The van der Waals surface area contributed by atoms with Gasteiger partial charge in [-0.05, 0) is 63.0 Å². The van der Waals surface area contributed by atoms with Gasteiger partial charge in [0.2, 0.25) is 0 Å². The van der Waals surface area contributed by atoms with Crippen LogP contribution in [-0.4, -0.2) is 48.4 Å². The molecule has 0 saturated carbocycles. The van der Waals surface area contributed by atoms with E-state index in [2.05, 4.69) is 67.1 Å². The van der Waals surface area contributed by atoms with Gasteiger partial charge in [0.15, 0.2) is 0 Å². The lowest BCUT2D eigenvalue weighted by Crippen LogP contribution is -2.13. The molecule has 4 aromatic heterocycles. The van der Waals surface area contributed by atoms with Gasteiger partial charge in [-0.25, -0.2) is 24.7 Å². The van der Waals surface area contributed by atoms with Gasteiger partial charge < -0.3 is 15.8 Å². The Morgan fingerprint density at radius 3 is 1.97 bits per heavy atom. The maximum Gasteiger partial charge on any atom is 0.339 e. The van der Waals surface area contributed by atoms with Gasteiger partial charge in [0.25, 0.3) is 5.91 Å². The van der Waals surface area contributed by atoms with Crippen molar-refractivity contribution in [2.45, 2.75) is 6.92 Å². The van der Waals surface area contributed by atoms with Crippen molar-refractivity contribution in [3.63, 3.8) is 0 Å². The average Bonchev–Trinajstić information content (AvgIpc) is 2.86. The monoisotopic (exact) mass is 602 g/mol. The lowest BCUT2D eigenvalue weighted by Gasteiger charge is -2.03. The predicted molar refractivity (Wildman–Crippen MR) is 136 cm³/mol. The number of aromatic nitrogens is 6. The van der Waals surface area contributed by atoms with Crippen LogP contribution in [0.3, 0.4) is 0 Å². The fraction of sp³-hybridized carbons (Fsp3) is 0.0909. The summed E-state index contributed by atoms with van der Waals surface area (Å²) in [7, 11) is 0. The standard InChI is InChI=1S/C10H7BrN4O.C8H8BrNO2.C4H5N3/c11-8-3-7(4-13-5-8)10(16)15-9-1-2-12-6-14-9;1-2-12-8(11)6-3-7(9)5-10-4-6;5-4-1-2-6-3-7-4/h1-6H,(H,12,14,15,16);3-5H,2H2,1H3;1-3H,(H2,5,6,7). The van der Waals surface area contributed by atoms with E-state index in [0.717, 1.165) is 8.95 Å². The Balaban J connectivity index is 0.000000200. The number of hydrogen-bond acceptors (Lipinski definition) is 10. The summed E-state index contributed by atoms with van der Waals surface area (Å²) in [5.74, 6) is 0.369. The van der Waals surface area contributed by atoms with E-state index >= 15 is 0 Å². The second-order valence-corrected chi connectivity index (χ2v) is 8.02. The van der Waals surface area contributed by atoms with Crippen LogP contribution in [0.5, 0.6) is 0 Å². The number of hydrogen-bond donors (Lipinski definition) is 2. The number of anilines is 2. The minimum Gasteiger partial charge on any atom is -0.462 e. The number of ether oxygens (including phenoxy) is 1.